The van der Waals surface area contributed by atoms with Gasteiger partial charge in [0, 0.05) is 0 Å². The first-order chi connectivity index (χ1) is 17.2. The van der Waals surface area contributed by atoms with E-state index < -0.39 is 60.7 Å². The molecule has 0 amide bonds. The Morgan fingerprint density at radius 3 is 2.17 bits per heavy atom. The number of aliphatic hydroxyl groups is 6. The number of ether oxygens (including phenoxy) is 2. The zero-order valence-corrected chi connectivity index (χ0v) is 21.7. The molecule has 0 saturated carbocycles. The normalized spacial score (nSPS) is 33.2. The minimum atomic E-state index is -2.19. The standard InChI is InChI=1S/C27H46O9/c1-3-4-5-6-7-8-9-10-11-12-13-18(2)35-26(33)20-16-19(29)14-15-27(20,34)25-24(32)23(31)22(30)21(17-28)36-25/h14-16,18,20-25,28-32,34H,3-13,17H2,1-2H3/t18?,20?,21-,22-,23+,24-,25-,27?/m1/s1. The summed E-state index contributed by atoms with van der Waals surface area (Å²) in [7, 11) is 0. The molecule has 208 valence electrons. The van der Waals surface area contributed by atoms with E-state index in [0.29, 0.717) is 6.42 Å². The third kappa shape index (κ3) is 8.26. The first-order valence-electron chi connectivity index (χ1n) is 13.5. The summed E-state index contributed by atoms with van der Waals surface area (Å²) in [6, 6.07) is 0. The van der Waals surface area contributed by atoms with Gasteiger partial charge in [0.1, 0.15) is 47.8 Å². The van der Waals surface area contributed by atoms with Crippen molar-refractivity contribution in [2.24, 2.45) is 5.92 Å². The largest absolute Gasteiger partial charge is 0.508 e. The van der Waals surface area contributed by atoms with Gasteiger partial charge >= 0.3 is 5.97 Å². The van der Waals surface area contributed by atoms with Gasteiger partial charge in [-0.3, -0.25) is 4.79 Å². The first kappa shape index (κ1) is 30.7. The summed E-state index contributed by atoms with van der Waals surface area (Å²) >= 11 is 0. The lowest BCUT2D eigenvalue weighted by Gasteiger charge is -2.48. The molecule has 1 heterocycles. The van der Waals surface area contributed by atoms with Crippen LogP contribution in [0.15, 0.2) is 24.0 Å². The van der Waals surface area contributed by atoms with Crippen LogP contribution in [0.1, 0.15) is 84.5 Å². The summed E-state index contributed by atoms with van der Waals surface area (Å²) in [4.78, 5) is 13.0. The average molecular weight is 515 g/mol. The molecule has 0 spiro atoms. The maximum Gasteiger partial charge on any atom is 0.316 e. The van der Waals surface area contributed by atoms with E-state index in [0.717, 1.165) is 37.5 Å². The molecule has 1 fully saturated rings. The van der Waals surface area contributed by atoms with Gasteiger partial charge in [0.25, 0.3) is 0 Å². The number of esters is 1. The van der Waals surface area contributed by atoms with Crippen molar-refractivity contribution < 1.29 is 44.9 Å². The van der Waals surface area contributed by atoms with Gasteiger partial charge in [-0.15, -0.1) is 0 Å². The topological polar surface area (TPSA) is 157 Å². The zero-order valence-electron chi connectivity index (χ0n) is 21.7. The fourth-order valence-corrected chi connectivity index (χ4v) is 4.94. The molecule has 9 heteroatoms. The number of unbranched alkanes of at least 4 members (excludes halogenated alkanes) is 9. The van der Waals surface area contributed by atoms with Crippen LogP contribution in [-0.4, -0.2) is 85.4 Å². The Hall–Kier alpha value is -1.49. The van der Waals surface area contributed by atoms with Crippen molar-refractivity contribution in [2.75, 3.05) is 6.61 Å². The number of carbonyl (C=O) groups is 1. The van der Waals surface area contributed by atoms with E-state index in [1.54, 1.807) is 6.92 Å². The molecule has 0 aromatic carbocycles. The monoisotopic (exact) mass is 514 g/mol. The summed E-state index contributed by atoms with van der Waals surface area (Å²) in [6.45, 7) is 3.31. The molecule has 1 aliphatic heterocycles. The van der Waals surface area contributed by atoms with Crippen LogP contribution >= 0.6 is 0 Å². The highest BCUT2D eigenvalue weighted by Crippen LogP contribution is 2.38. The van der Waals surface area contributed by atoms with Crippen LogP contribution in [0.4, 0.5) is 0 Å². The third-order valence-electron chi connectivity index (χ3n) is 7.24. The van der Waals surface area contributed by atoms with Crippen molar-refractivity contribution in [3.05, 3.63) is 24.0 Å². The van der Waals surface area contributed by atoms with E-state index >= 15 is 0 Å². The smallest absolute Gasteiger partial charge is 0.316 e. The quantitative estimate of drug-likeness (QED) is 0.143. The molecule has 0 aromatic heterocycles. The predicted molar refractivity (Wildman–Crippen MR) is 134 cm³/mol. The number of aliphatic hydroxyl groups excluding tert-OH is 5. The summed E-state index contributed by atoms with van der Waals surface area (Å²) < 4.78 is 11.1. The minimum absolute atomic E-state index is 0.270. The molecular formula is C27H46O9. The van der Waals surface area contributed by atoms with E-state index in [2.05, 4.69) is 6.92 Å². The fourth-order valence-electron chi connectivity index (χ4n) is 4.94. The maximum atomic E-state index is 13.0. The van der Waals surface area contributed by atoms with Crippen LogP contribution in [0.2, 0.25) is 0 Å². The molecule has 8 atom stereocenters. The molecule has 1 aliphatic carbocycles. The second kappa shape index (κ2) is 15.1. The van der Waals surface area contributed by atoms with E-state index in [1.165, 1.54) is 44.9 Å². The van der Waals surface area contributed by atoms with Crippen molar-refractivity contribution >= 4 is 5.97 Å². The van der Waals surface area contributed by atoms with Crippen LogP contribution in [-0.2, 0) is 14.3 Å². The summed E-state index contributed by atoms with van der Waals surface area (Å²) in [5.74, 6) is -2.52. The first-order valence-corrected chi connectivity index (χ1v) is 13.5. The molecular weight excluding hydrogens is 468 g/mol. The van der Waals surface area contributed by atoms with Crippen molar-refractivity contribution in [1.82, 2.24) is 0 Å². The Morgan fingerprint density at radius 2 is 1.58 bits per heavy atom. The van der Waals surface area contributed by atoms with Crippen molar-refractivity contribution in [3.63, 3.8) is 0 Å². The Labute approximate surface area is 214 Å². The van der Waals surface area contributed by atoms with Crippen LogP contribution < -0.4 is 0 Å². The number of rotatable bonds is 15. The van der Waals surface area contributed by atoms with Gasteiger partial charge in [-0.25, -0.2) is 0 Å². The molecule has 36 heavy (non-hydrogen) atoms. The summed E-state index contributed by atoms with van der Waals surface area (Å²) in [6.07, 6.45) is 7.67. The van der Waals surface area contributed by atoms with Crippen molar-refractivity contribution in [2.45, 2.75) is 127 Å². The van der Waals surface area contributed by atoms with Gasteiger partial charge in [0.2, 0.25) is 0 Å². The van der Waals surface area contributed by atoms with E-state index in [1.807, 2.05) is 0 Å². The molecule has 6 N–H and O–H groups in total. The van der Waals surface area contributed by atoms with Crippen molar-refractivity contribution in [3.8, 4) is 0 Å². The lowest BCUT2D eigenvalue weighted by atomic mass is 9.74. The number of hydrogen-bond acceptors (Lipinski definition) is 9. The van der Waals surface area contributed by atoms with Crippen LogP contribution in [0.3, 0.4) is 0 Å². The molecule has 0 bridgehead atoms. The highest BCUT2D eigenvalue weighted by atomic mass is 16.6. The zero-order chi connectivity index (χ0) is 26.7. The third-order valence-corrected chi connectivity index (χ3v) is 7.24. The average Bonchev–Trinajstić information content (AvgIpc) is 2.85. The van der Waals surface area contributed by atoms with Gasteiger partial charge in [-0.05, 0) is 38.0 Å². The van der Waals surface area contributed by atoms with E-state index in [9.17, 15) is 35.4 Å². The SMILES string of the molecule is CCCCCCCCCCCCC(C)OC(=O)C1C=C(O)C=CC1(O)[C@@H]1O[C@H](CO)[C@@H](O)[C@H](O)[C@H]1O. The van der Waals surface area contributed by atoms with E-state index in [-0.39, 0.29) is 5.76 Å². The predicted octanol–water partition coefficient (Wildman–Crippen LogP) is 2.43. The second-order valence-electron chi connectivity index (χ2n) is 10.3. The number of allylic oxidation sites excluding steroid dienone is 1. The Balaban J connectivity index is 1.88. The van der Waals surface area contributed by atoms with Crippen LogP contribution in [0.25, 0.3) is 0 Å². The maximum absolute atomic E-state index is 13.0. The van der Waals surface area contributed by atoms with Gasteiger partial charge in [0.05, 0.1) is 12.7 Å². The summed E-state index contributed by atoms with van der Waals surface area (Å²) in [5.41, 5.74) is -2.19. The molecule has 2 rings (SSSR count). The molecule has 0 aromatic rings. The number of hydrogen-bond donors (Lipinski definition) is 6. The van der Waals surface area contributed by atoms with E-state index in [4.69, 9.17) is 9.47 Å². The molecule has 9 nitrogen and oxygen atoms in total. The Morgan fingerprint density at radius 1 is 1.00 bits per heavy atom. The molecule has 1 saturated heterocycles. The van der Waals surface area contributed by atoms with Crippen molar-refractivity contribution in [1.29, 1.82) is 0 Å². The highest BCUT2D eigenvalue weighted by molar-refractivity contribution is 5.77. The summed E-state index contributed by atoms with van der Waals surface area (Å²) in [5, 5.41) is 61.6. The van der Waals surface area contributed by atoms with Gasteiger partial charge < -0.3 is 40.1 Å². The Bertz CT molecular complexity index is 722. The second-order valence-corrected chi connectivity index (χ2v) is 10.3. The van der Waals surface area contributed by atoms with Crippen LogP contribution in [0, 0.1) is 5.92 Å². The van der Waals surface area contributed by atoms with Gasteiger partial charge in [0.15, 0.2) is 0 Å². The number of carbonyl (C=O) groups excluding carboxylic acids is 1. The van der Waals surface area contributed by atoms with Crippen LogP contribution in [0.5, 0.6) is 0 Å². The lowest BCUT2D eigenvalue weighted by molar-refractivity contribution is -0.267. The van der Waals surface area contributed by atoms with Gasteiger partial charge in [-0.2, -0.15) is 0 Å². The minimum Gasteiger partial charge on any atom is -0.508 e. The Kier molecular flexibility index (Phi) is 12.8. The fraction of sp³-hybridized carbons (Fsp3) is 0.815. The molecule has 3 unspecified atom stereocenters. The lowest BCUT2D eigenvalue weighted by Crippen LogP contribution is -2.67. The molecule has 0 radical (unpaired) electrons. The molecule has 2 aliphatic rings. The van der Waals surface area contributed by atoms with Gasteiger partial charge in [-0.1, -0.05) is 64.7 Å². The highest BCUT2D eigenvalue weighted by Gasteiger charge is 2.56.